The molecule has 1 N–H and O–H groups in total. The van der Waals surface area contributed by atoms with E-state index in [4.69, 9.17) is 0 Å². The molecule has 2 aromatic carbocycles. The summed E-state index contributed by atoms with van der Waals surface area (Å²) in [6.45, 7) is 6.20. The van der Waals surface area contributed by atoms with Crippen LogP contribution in [0.15, 0.2) is 41.6 Å². The lowest BCUT2D eigenvalue weighted by molar-refractivity contribution is -0.116. The molecule has 4 rings (SSSR count). The highest BCUT2D eigenvalue weighted by atomic mass is 32.2. The van der Waals surface area contributed by atoms with Crippen molar-refractivity contribution < 1.29 is 9.59 Å². The quantitative estimate of drug-likeness (QED) is 0.546. The molecule has 27 heavy (non-hydrogen) atoms. The molecule has 138 valence electrons. The Kier molecular flexibility index (Phi) is 4.52. The van der Waals surface area contributed by atoms with E-state index in [1.165, 1.54) is 17.3 Å². The van der Waals surface area contributed by atoms with E-state index in [0.717, 1.165) is 33.9 Å². The Labute approximate surface area is 162 Å². The zero-order valence-electron chi connectivity index (χ0n) is 15.6. The maximum atomic E-state index is 12.9. The minimum absolute atomic E-state index is 0.0388. The first-order chi connectivity index (χ1) is 12.9. The highest BCUT2D eigenvalue weighted by Gasteiger charge is 2.25. The van der Waals surface area contributed by atoms with E-state index in [-0.39, 0.29) is 16.9 Å². The second-order valence-electron chi connectivity index (χ2n) is 6.95. The first-order valence-corrected chi connectivity index (χ1v) is 9.88. The molecule has 1 aliphatic rings. The normalized spacial score (nSPS) is 14.4. The summed E-state index contributed by atoms with van der Waals surface area (Å²) in [5.74, 6) is 0.109. The Balaban J connectivity index is 1.53. The van der Waals surface area contributed by atoms with E-state index >= 15 is 0 Å². The van der Waals surface area contributed by atoms with Gasteiger partial charge < -0.3 is 9.88 Å². The Morgan fingerprint density at radius 2 is 2.04 bits per heavy atom. The lowest BCUT2D eigenvalue weighted by Crippen LogP contribution is -2.25. The third-order valence-corrected chi connectivity index (χ3v) is 5.90. The fourth-order valence-electron chi connectivity index (χ4n) is 3.49. The lowest BCUT2D eigenvalue weighted by Gasteiger charge is -2.15. The summed E-state index contributed by atoms with van der Waals surface area (Å²) in [7, 11) is 0. The van der Waals surface area contributed by atoms with Crippen molar-refractivity contribution in [3.8, 4) is 0 Å². The number of ketones is 1. The molecule has 1 amide bonds. The predicted octanol–water partition coefficient (Wildman–Crippen LogP) is 4.14. The summed E-state index contributed by atoms with van der Waals surface area (Å²) in [5, 5.41) is 0.496. The Bertz CT molecular complexity index is 1060. The number of fused-ring (bicyclic) bond motifs is 2. The summed E-state index contributed by atoms with van der Waals surface area (Å²) in [5.41, 5.74) is 5.73. The first-order valence-electron chi connectivity index (χ1n) is 9.00. The molecular weight excluding hydrogens is 358 g/mol. The van der Waals surface area contributed by atoms with E-state index in [2.05, 4.69) is 16.0 Å². The number of amides is 1. The van der Waals surface area contributed by atoms with Crippen molar-refractivity contribution in [1.82, 2.24) is 9.97 Å². The van der Waals surface area contributed by atoms with Crippen LogP contribution in [0.2, 0.25) is 0 Å². The molecule has 0 saturated carbocycles. The number of imidazole rings is 1. The molecular formula is C21H21N3O2S. The number of thioether (sulfide) groups is 1. The maximum Gasteiger partial charge on any atom is 0.223 e. The van der Waals surface area contributed by atoms with Crippen LogP contribution < -0.4 is 4.90 Å². The summed E-state index contributed by atoms with van der Waals surface area (Å²) in [6.07, 6.45) is 0.792. The monoisotopic (exact) mass is 379 g/mol. The van der Waals surface area contributed by atoms with Gasteiger partial charge in [0.05, 0.1) is 16.3 Å². The maximum absolute atomic E-state index is 12.9. The molecule has 3 aromatic rings. The van der Waals surface area contributed by atoms with Gasteiger partial charge in [0.2, 0.25) is 5.91 Å². The Morgan fingerprint density at radius 1 is 1.22 bits per heavy atom. The number of Topliss-reactive ketones (excluding diaryl/α,β-unsaturated/α-hetero) is 1. The first kappa shape index (κ1) is 17.8. The smallest absolute Gasteiger partial charge is 0.223 e. The average molecular weight is 379 g/mol. The van der Waals surface area contributed by atoms with Crippen LogP contribution in [0.5, 0.6) is 0 Å². The van der Waals surface area contributed by atoms with Crippen LogP contribution in [0.4, 0.5) is 5.69 Å². The molecule has 0 aliphatic carbocycles. The van der Waals surface area contributed by atoms with Crippen molar-refractivity contribution in [3.63, 3.8) is 0 Å². The number of aromatic nitrogens is 2. The average Bonchev–Trinajstić information content (AvgIpc) is 3.23. The fourth-order valence-corrected chi connectivity index (χ4v) is 4.39. The van der Waals surface area contributed by atoms with Crippen LogP contribution in [0.25, 0.3) is 11.0 Å². The van der Waals surface area contributed by atoms with Crippen molar-refractivity contribution in [2.24, 2.45) is 0 Å². The van der Waals surface area contributed by atoms with Gasteiger partial charge in [-0.2, -0.15) is 0 Å². The molecule has 2 heterocycles. The zero-order chi connectivity index (χ0) is 19.1. The van der Waals surface area contributed by atoms with Crippen molar-refractivity contribution in [3.05, 3.63) is 53.1 Å². The van der Waals surface area contributed by atoms with Crippen LogP contribution >= 0.6 is 11.8 Å². The molecule has 1 aromatic heterocycles. The third-order valence-electron chi connectivity index (χ3n) is 4.91. The number of hydrogen-bond donors (Lipinski definition) is 1. The number of benzene rings is 2. The molecule has 1 aliphatic heterocycles. The fraction of sp³-hybridized carbons (Fsp3) is 0.286. The Morgan fingerprint density at radius 3 is 2.81 bits per heavy atom. The summed E-state index contributed by atoms with van der Waals surface area (Å²) in [4.78, 5) is 34.2. The van der Waals surface area contributed by atoms with Gasteiger partial charge in [0.1, 0.15) is 0 Å². The van der Waals surface area contributed by atoms with Gasteiger partial charge >= 0.3 is 0 Å². The largest absolute Gasteiger partial charge is 0.333 e. The summed E-state index contributed by atoms with van der Waals surface area (Å²) < 4.78 is 0. The Hall–Kier alpha value is -2.60. The number of carbonyl (C=O) groups excluding carboxylic acids is 2. The molecule has 1 unspecified atom stereocenters. The van der Waals surface area contributed by atoms with E-state index in [1.807, 2.05) is 44.2 Å². The second-order valence-corrected chi connectivity index (χ2v) is 8.28. The minimum atomic E-state index is -0.255. The standard InChI is InChI=1S/C21H21N3O2S/c1-12-4-6-17-18(10-12)23-21(22-17)27-13(2)20(26)16-5-7-19-15(11-16)8-9-24(19)14(3)25/h4-7,10-11,13H,8-9H2,1-3H3,(H,22,23). The van der Waals surface area contributed by atoms with Gasteiger partial charge in [0.25, 0.3) is 0 Å². The predicted molar refractivity (Wildman–Crippen MR) is 109 cm³/mol. The van der Waals surface area contributed by atoms with Gasteiger partial charge in [0.15, 0.2) is 10.9 Å². The number of aryl methyl sites for hydroxylation is 1. The zero-order valence-corrected chi connectivity index (χ0v) is 16.4. The number of nitrogens with zero attached hydrogens (tertiary/aromatic N) is 2. The number of nitrogens with one attached hydrogen (secondary N) is 1. The van der Waals surface area contributed by atoms with Gasteiger partial charge in [-0.3, -0.25) is 9.59 Å². The molecule has 0 saturated heterocycles. The van der Waals surface area contributed by atoms with Gasteiger partial charge in [-0.25, -0.2) is 4.98 Å². The molecule has 0 spiro atoms. The van der Waals surface area contributed by atoms with Crippen molar-refractivity contribution in [2.45, 2.75) is 37.6 Å². The molecule has 0 fully saturated rings. The lowest BCUT2D eigenvalue weighted by atomic mass is 10.0. The van der Waals surface area contributed by atoms with Crippen LogP contribution in [0.1, 0.15) is 35.3 Å². The molecule has 5 nitrogen and oxygen atoms in total. The summed E-state index contributed by atoms with van der Waals surface area (Å²) >= 11 is 1.44. The van der Waals surface area contributed by atoms with E-state index in [0.29, 0.717) is 12.1 Å². The van der Waals surface area contributed by atoms with E-state index in [1.54, 1.807) is 11.8 Å². The van der Waals surface area contributed by atoms with Crippen LogP contribution in [0, 0.1) is 6.92 Å². The van der Waals surface area contributed by atoms with E-state index < -0.39 is 0 Å². The highest BCUT2D eigenvalue weighted by molar-refractivity contribution is 8.00. The number of anilines is 1. The number of hydrogen-bond acceptors (Lipinski definition) is 4. The summed E-state index contributed by atoms with van der Waals surface area (Å²) in [6, 6.07) is 11.7. The molecule has 1 atom stereocenters. The minimum Gasteiger partial charge on any atom is -0.333 e. The topological polar surface area (TPSA) is 66.1 Å². The van der Waals surface area contributed by atoms with Crippen molar-refractivity contribution in [2.75, 3.05) is 11.4 Å². The van der Waals surface area contributed by atoms with Crippen LogP contribution in [0.3, 0.4) is 0 Å². The molecule has 0 bridgehead atoms. The number of carbonyl (C=O) groups is 2. The third kappa shape index (κ3) is 3.37. The molecule has 0 radical (unpaired) electrons. The van der Waals surface area contributed by atoms with Crippen molar-refractivity contribution in [1.29, 1.82) is 0 Å². The number of aromatic amines is 1. The second kappa shape index (κ2) is 6.85. The SMILES string of the molecule is CC(=O)N1CCc2cc(C(=O)C(C)Sc3nc4ccc(C)cc4[nH]3)ccc21. The molecule has 6 heteroatoms. The van der Waals surface area contributed by atoms with Crippen LogP contribution in [-0.2, 0) is 11.2 Å². The van der Waals surface area contributed by atoms with Gasteiger partial charge in [-0.1, -0.05) is 17.8 Å². The van der Waals surface area contributed by atoms with Gasteiger partial charge in [-0.15, -0.1) is 0 Å². The highest BCUT2D eigenvalue weighted by Crippen LogP contribution is 2.31. The van der Waals surface area contributed by atoms with Gasteiger partial charge in [0, 0.05) is 24.7 Å². The van der Waals surface area contributed by atoms with Gasteiger partial charge in [-0.05, 0) is 61.7 Å². The van der Waals surface area contributed by atoms with Crippen LogP contribution in [-0.4, -0.2) is 33.5 Å². The number of H-pyrrole nitrogens is 1. The van der Waals surface area contributed by atoms with Crippen molar-refractivity contribution >= 4 is 40.2 Å². The number of rotatable bonds is 4. The van der Waals surface area contributed by atoms with E-state index in [9.17, 15) is 9.59 Å².